The number of hydrogen-bond donors (Lipinski definition) is 0. The van der Waals surface area contributed by atoms with Crippen molar-refractivity contribution in [1.82, 2.24) is 9.80 Å². The Morgan fingerprint density at radius 1 is 1.00 bits per heavy atom. The fourth-order valence-electron chi connectivity index (χ4n) is 6.06. The average molecular weight is 418 g/mol. The molecule has 8 nitrogen and oxygen atoms in total. The standard InChI is InChI=1S/C18H28N2.2Al.2HNO2/c1-14-6-7-17-15(11-14)12-20-10-9-19(17)13-16-5-3-4-8-18(16,20)2;;;2*2-1-3/h1-2,14-17H,3-13H2;;;2*(H,2,3)/p-2. The van der Waals surface area contributed by atoms with Crippen molar-refractivity contribution < 1.29 is 0 Å². The van der Waals surface area contributed by atoms with Crippen LogP contribution in [-0.4, -0.2) is 89.0 Å². The Morgan fingerprint density at radius 2 is 1.71 bits per heavy atom. The fourth-order valence-corrected chi connectivity index (χ4v) is 7.06. The van der Waals surface area contributed by atoms with E-state index in [1.165, 1.54) is 71.1 Å². The van der Waals surface area contributed by atoms with Gasteiger partial charge in [0.2, 0.25) is 0 Å². The zero-order chi connectivity index (χ0) is 20.6. The second kappa shape index (κ2) is 11.6. The van der Waals surface area contributed by atoms with Crippen LogP contribution in [0, 0.1) is 38.0 Å². The summed E-state index contributed by atoms with van der Waals surface area (Å²) in [5, 5.41) is 18.0. The molecule has 4 aliphatic rings. The van der Waals surface area contributed by atoms with Gasteiger partial charge in [-0.1, -0.05) is 0 Å². The molecule has 2 saturated heterocycles. The van der Waals surface area contributed by atoms with E-state index in [1.807, 2.05) is 0 Å². The van der Waals surface area contributed by atoms with Crippen LogP contribution in [0.5, 0.6) is 0 Å². The van der Waals surface area contributed by atoms with E-state index in [1.54, 1.807) is 0 Å². The van der Waals surface area contributed by atoms with Crippen molar-refractivity contribution in [1.29, 1.82) is 0 Å². The molecule has 0 spiro atoms. The first-order valence-corrected chi connectivity index (χ1v) is 11.4. The van der Waals surface area contributed by atoms with E-state index in [9.17, 15) is 0 Å². The van der Waals surface area contributed by atoms with E-state index in [0.29, 0.717) is 5.54 Å². The predicted molar refractivity (Wildman–Crippen MR) is 114 cm³/mol. The average Bonchev–Trinajstić information content (AvgIpc) is 2.98. The summed E-state index contributed by atoms with van der Waals surface area (Å²) in [6.45, 7) is 5.31. The van der Waals surface area contributed by atoms with Gasteiger partial charge in [-0.2, -0.15) is 0 Å². The van der Waals surface area contributed by atoms with Crippen molar-refractivity contribution in [2.24, 2.45) is 28.4 Å². The molecule has 0 N–H and O–H groups in total. The Kier molecular flexibility index (Phi) is 9.90. The van der Waals surface area contributed by atoms with Crippen molar-refractivity contribution in [3.63, 3.8) is 0 Å². The number of nitrogens with zero attached hydrogens (tertiary/aromatic N) is 4. The van der Waals surface area contributed by atoms with Gasteiger partial charge < -0.3 is 20.2 Å². The predicted octanol–water partition coefficient (Wildman–Crippen LogP) is 1.77. The molecule has 0 amide bonds. The quantitative estimate of drug-likeness (QED) is 0.384. The van der Waals surface area contributed by atoms with Gasteiger partial charge in [-0.15, -0.1) is 10.7 Å². The van der Waals surface area contributed by atoms with Crippen LogP contribution in [0.4, 0.5) is 0 Å². The summed E-state index contributed by atoms with van der Waals surface area (Å²) in [6.07, 6.45) is 9.96. The van der Waals surface area contributed by atoms with Gasteiger partial charge in [0, 0.05) is 0 Å². The summed E-state index contributed by atoms with van der Waals surface area (Å²) in [6, 6.07) is 0.871. The zero-order valence-electron chi connectivity index (χ0n) is 16.3. The first-order chi connectivity index (χ1) is 13.6. The second-order valence-corrected chi connectivity index (χ2v) is 9.00. The Balaban J connectivity index is 0.000000418. The maximum atomic E-state index is 8.00. The van der Waals surface area contributed by atoms with Crippen LogP contribution in [-0.2, 0) is 0 Å². The van der Waals surface area contributed by atoms with Gasteiger partial charge in [-0.3, -0.25) is 0 Å². The van der Waals surface area contributed by atoms with E-state index in [0.717, 1.165) is 34.5 Å². The molecule has 2 radical (unpaired) electrons. The van der Waals surface area contributed by atoms with E-state index in [4.69, 9.17) is 20.2 Å². The Hall–Kier alpha value is -0.475. The molecule has 152 valence electrons. The molecule has 2 aliphatic carbocycles. The number of fused-ring (bicyclic) bond motifs is 7. The third-order valence-electron chi connectivity index (χ3n) is 7.26. The second-order valence-electron chi connectivity index (χ2n) is 8.28. The van der Waals surface area contributed by atoms with Crippen LogP contribution in [0.3, 0.4) is 0 Å². The third-order valence-corrected chi connectivity index (χ3v) is 8.38. The van der Waals surface area contributed by atoms with E-state index in [-0.39, 0.29) is 0 Å². The molecule has 2 heterocycles. The van der Waals surface area contributed by atoms with Gasteiger partial charge in [0.15, 0.2) is 0 Å². The monoisotopic (exact) mass is 418 g/mol. The van der Waals surface area contributed by atoms with Gasteiger partial charge in [0.05, 0.1) is 0 Å². The Bertz CT molecular complexity index is 550. The van der Waals surface area contributed by atoms with Gasteiger partial charge in [-0.25, -0.2) is 0 Å². The normalized spacial score (nSPS) is 40.9. The van der Waals surface area contributed by atoms with Crippen LogP contribution in [0.2, 0.25) is 0 Å². The molecule has 7 atom stereocenters. The molecule has 2 bridgehead atoms. The molecule has 0 aromatic carbocycles. The molecule has 10 heteroatoms. The molecular weight excluding hydrogens is 390 g/mol. The number of hydrogen-bond acceptors (Lipinski definition) is 8. The van der Waals surface area contributed by atoms with Crippen LogP contribution in [0.1, 0.15) is 44.9 Å². The van der Waals surface area contributed by atoms with Crippen LogP contribution >= 0.6 is 0 Å². The van der Waals surface area contributed by atoms with Gasteiger partial charge in [0.1, 0.15) is 0 Å². The molecule has 2 saturated carbocycles. The molecule has 2 aliphatic heterocycles. The SMILES string of the molecule is O=N[O-].O=N[O-].[Al]=[CH]C1CCC2C(C1)CN1CCN2CC2CCCCC21[CH]=[Al]. The fraction of sp³-hybridized carbons (Fsp3) is 0.889. The summed E-state index contributed by atoms with van der Waals surface area (Å²) in [4.78, 5) is 26.7. The first kappa shape index (κ1) is 23.8. The summed E-state index contributed by atoms with van der Waals surface area (Å²) in [5.41, 5.74) is 0.389. The molecule has 4 rings (SSSR count). The summed E-state index contributed by atoms with van der Waals surface area (Å²) >= 11 is 5.88. The minimum atomic E-state index is 0.389. The van der Waals surface area contributed by atoms with Crippen molar-refractivity contribution in [3.05, 3.63) is 20.2 Å². The van der Waals surface area contributed by atoms with Crippen molar-refractivity contribution in [3.8, 4) is 0 Å². The van der Waals surface area contributed by atoms with E-state index < -0.39 is 0 Å². The van der Waals surface area contributed by atoms with Gasteiger partial charge in [0.25, 0.3) is 0 Å². The minimum absolute atomic E-state index is 0.389. The molecule has 0 aromatic rings. The summed E-state index contributed by atoms with van der Waals surface area (Å²) < 4.78 is 0. The summed E-state index contributed by atoms with van der Waals surface area (Å²) in [5.74, 6) is 2.60. The van der Waals surface area contributed by atoms with E-state index in [2.05, 4.69) is 51.3 Å². The molecule has 4 fully saturated rings. The molecular formula is C18H28Al2N4O4-2. The van der Waals surface area contributed by atoms with E-state index >= 15 is 0 Å². The van der Waals surface area contributed by atoms with Gasteiger partial charge in [-0.05, 0) is 0 Å². The zero-order valence-corrected chi connectivity index (χ0v) is 18.6. The van der Waals surface area contributed by atoms with Crippen molar-refractivity contribution >= 4 is 41.5 Å². The Labute approximate surface area is 182 Å². The van der Waals surface area contributed by atoms with Gasteiger partial charge >= 0.3 is 152 Å². The molecule has 0 aromatic heterocycles. The third kappa shape index (κ3) is 5.16. The summed E-state index contributed by atoms with van der Waals surface area (Å²) in [7, 11) is 0. The van der Waals surface area contributed by atoms with Crippen LogP contribution < -0.4 is 0 Å². The van der Waals surface area contributed by atoms with Crippen molar-refractivity contribution in [2.75, 3.05) is 26.2 Å². The maximum absolute atomic E-state index is 8.00. The topological polar surface area (TPSA) is 111 Å². The molecule has 28 heavy (non-hydrogen) atoms. The number of rotatable bonds is 2. The first-order valence-electron chi connectivity index (χ1n) is 10.1. The molecule has 7 unspecified atom stereocenters. The van der Waals surface area contributed by atoms with Crippen molar-refractivity contribution in [2.45, 2.75) is 56.5 Å². The van der Waals surface area contributed by atoms with Crippen LogP contribution in [0.25, 0.3) is 0 Å². The Morgan fingerprint density at radius 3 is 2.36 bits per heavy atom. The van der Waals surface area contributed by atoms with Crippen LogP contribution in [0.15, 0.2) is 10.7 Å².